The number of rotatable bonds is 1. The van der Waals surface area contributed by atoms with Crippen LogP contribution in [0.25, 0.3) is 0 Å². The highest BCUT2D eigenvalue weighted by molar-refractivity contribution is 6.10. The van der Waals surface area contributed by atoms with E-state index in [1.807, 2.05) is 16.3 Å². The highest BCUT2D eigenvalue weighted by atomic mass is 27.0. The van der Waals surface area contributed by atoms with Gasteiger partial charge in [0.1, 0.15) is 0 Å². The summed E-state index contributed by atoms with van der Waals surface area (Å²) in [5.74, 6) is 0. The second-order valence-electron chi connectivity index (χ2n) is 0.750. The Kier molecular flexibility index (Phi) is 2.92. The largest absolute Gasteiger partial charge is 0.408 e. The molecule has 0 aliphatic heterocycles. The van der Waals surface area contributed by atoms with Crippen LogP contribution in [0.2, 0.25) is 0 Å². The second kappa shape index (κ2) is 2.68. The lowest BCUT2D eigenvalue weighted by molar-refractivity contribution is 0.155. The molecule has 1 unspecified atom stereocenters. The predicted molar refractivity (Wildman–Crippen MR) is 18.8 cm³/mol. The van der Waals surface area contributed by atoms with Gasteiger partial charge in [-0.1, -0.05) is 0 Å². The predicted octanol–water partition coefficient (Wildman–Crippen LogP) is -1.53. The molecule has 2 N–H and O–H groups in total. The summed E-state index contributed by atoms with van der Waals surface area (Å²) in [6, 6.07) is 0. The van der Waals surface area contributed by atoms with Crippen molar-refractivity contribution in [1.82, 2.24) is 0 Å². The molecule has 0 bridgehead atoms. The van der Waals surface area contributed by atoms with Crippen molar-refractivity contribution in [2.75, 3.05) is 6.61 Å². The topological polar surface area (TPSA) is 40.5 Å². The molecule has 28 valence electrons. The van der Waals surface area contributed by atoms with Gasteiger partial charge in [0.15, 0.2) is 16.3 Å². The first kappa shape index (κ1) is 5.45. The van der Waals surface area contributed by atoms with Gasteiger partial charge in [0.25, 0.3) is 0 Å². The van der Waals surface area contributed by atoms with Crippen LogP contribution in [-0.4, -0.2) is 38.1 Å². The zero-order chi connectivity index (χ0) is 4.28. The van der Waals surface area contributed by atoms with Gasteiger partial charge < -0.3 is 10.2 Å². The van der Waals surface area contributed by atoms with Crippen molar-refractivity contribution in [3.05, 3.63) is 0 Å². The van der Waals surface area contributed by atoms with Crippen LogP contribution in [0.1, 0.15) is 0 Å². The van der Waals surface area contributed by atoms with Crippen molar-refractivity contribution in [1.29, 1.82) is 0 Å². The van der Waals surface area contributed by atoms with Crippen LogP contribution in [0.15, 0.2) is 0 Å². The van der Waals surface area contributed by atoms with Gasteiger partial charge >= 0.3 is 0 Å². The standard InChI is InChI=1S/C2H5O2.Al/c3-1-2-4;/h1,3-4H,2H2;. The molecule has 0 spiro atoms. The molecule has 0 aliphatic carbocycles. The molecule has 0 fully saturated rings. The zero-order valence-electron chi connectivity index (χ0n) is 2.76. The number of aliphatic hydroxyl groups is 2. The van der Waals surface area contributed by atoms with E-state index in [-0.39, 0.29) is 6.61 Å². The van der Waals surface area contributed by atoms with E-state index in [0.29, 0.717) is 0 Å². The normalized spacial score (nSPS) is 14.8. The molecule has 0 amide bonds. The van der Waals surface area contributed by atoms with Crippen LogP contribution in [0.3, 0.4) is 0 Å². The van der Waals surface area contributed by atoms with Crippen molar-refractivity contribution in [2.45, 2.75) is 4.97 Å². The van der Waals surface area contributed by atoms with E-state index in [0.717, 1.165) is 0 Å². The fraction of sp³-hybridized carbons (Fsp3) is 1.00. The number of aliphatic hydroxyl groups excluding tert-OH is 2. The molecule has 2 nitrogen and oxygen atoms in total. The van der Waals surface area contributed by atoms with Gasteiger partial charge in [-0.15, -0.1) is 0 Å². The Labute approximate surface area is 38.9 Å². The molecule has 0 saturated carbocycles. The Morgan fingerprint density at radius 3 is 2.00 bits per heavy atom. The summed E-state index contributed by atoms with van der Waals surface area (Å²) in [5.41, 5.74) is 0. The molecule has 2 radical (unpaired) electrons. The first-order valence-electron chi connectivity index (χ1n) is 1.32. The average molecular weight is 88.0 g/mol. The molecule has 0 aromatic rings. The van der Waals surface area contributed by atoms with E-state index in [9.17, 15) is 0 Å². The van der Waals surface area contributed by atoms with E-state index in [1.54, 1.807) is 0 Å². The fourth-order valence-corrected chi connectivity index (χ4v) is 0. The second-order valence-corrected chi connectivity index (χ2v) is 1.52. The van der Waals surface area contributed by atoms with Crippen LogP contribution >= 0.6 is 0 Å². The van der Waals surface area contributed by atoms with Gasteiger partial charge in [-0.2, -0.15) is 0 Å². The lowest BCUT2D eigenvalue weighted by atomic mass is 10.8. The molecule has 0 heterocycles. The SMILES string of the molecule is OC[CH](O)[Al]. The molecule has 0 rings (SSSR count). The third-order valence-electron chi connectivity index (χ3n) is 0.187. The summed E-state index contributed by atoms with van der Waals surface area (Å²) < 4.78 is 0. The summed E-state index contributed by atoms with van der Waals surface area (Å²) in [6.45, 7) is -0.176. The minimum Gasteiger partial charge on any atom is -0.408 e. The molecule has 0 saturated heterocycles. The first-order chi connectivity index (χ1) is 2.27. The molecular formula is C2H5AlO2. The summed E-state index contributed by atoms with van der Waals surface area (Å²) in [4.78, 5) is -0.644. The summed E-state index contributed by atoms with van der Waals surface area (Å²) in [7, 11) is 0. The van der Waals surface area contributed by atoms with Gasteiger partial charge in [-0.05, 0) is 4.97 Å². The molecule has 1 atom stereocenters. The van der Waals surface area contributed by atoms with E-state index in [1.165, 1.54) is 0 Å². The van der Waals surface area contributed by atoms with E-state index in [4.69, 9.17) is 10.2 Å². The quantitative estimate of drug-likeness (QED) is 0.381. The molecule has 3 heteroatoms. The monoisotopic (exact) mass is 88.0 g/mol. The van der Waals surface area contributed by atoms with E-state index < -0.39 is 4.97 Å². The van der Waals surface area contributed by atoms with Crippen molar-refractivity contribution < 1.29 is 10.2 Å². The van der Waals surface area contributed by atoms with Crippen LogP contribution in [0, 0.1) is 0 Å². The smallest absolute Gasteiger partial charge is 0.174 e. The lowest BCUT2D eigenvalue weighted by Gasteiger charge is -1.91. The van der Waals surface area contributed by atoms with Crippen molar-refractivity contribution in [2.24, 2.45) is 0 Å². The van der Waals surface area contributed by atoms with Gasteiger partial charge in [0.05, 0.1) is 6.61 Å². The Morgan fingerprint density at radius 2 is 2.00 bits per heavy atom. The van der Waals surface area contributed by atoms with Gasteiger partial charge in [-0.25, -0.2) is 0 Å². The summed E-state index contributed by atoms with van der Waals surface area (Å²) in [5, 5.41) is 15.9. The van der Waals surface area contributed by atoms with Crippen LogP contribution in [0.5, 0.6) is 0 Å². The van der Waals surface area contributed by atoms with Crippen molar-refractivity contribution >= 4 is 16.3 Å². The summed E-state index contributed by atoms with van der Waals surface area (Å²) in [6.07, 6.45) is 0. The average Bonchev–Trinajstić information content (AvgIpc) is 1.38. The van der Waals surface area contributed by atoms with E-state index >= 15 is 0 Å². The Hall–Kier alpha value is 0.452. The molecule has 0 aliphatic rings. The maximum absolute atomic E-state index is 8.07. The minimum atomic E-state index is -0.644. The minimum absolute atomic E-state index is 0.176. The van der Waals surface area contributed by atoms with Crippen LogP contribution in [0.4, 0.5) is 0 Å². The lowest BCUT2D eigenvalue weighted by Crippen LogP contribution is -2.09. The first-order valence-corrected chi connectivity index (χ1v) is 1.98. The molecule has 0 aromatic carbocycles. The Balaban J connectivity index is 2.54. The maximum Gasteiger partial charge on any atom is 0.174 e. The molecule has 5 heavy (non-hydrogen) atoms. The fourth-order valence-electron chi connectivity index (χ4n) is 0. The van der Waals surface area contributed by atoms with Gasteiger partial charge in [-0.3, -0.25) is 0 Å². The highest BCUT2D eigenvalue weighted by Crippen LogP contribution is 1.61. The maximum atomic E-state index is 8.07. The van der Waals surface area contributed by atoms with Crippen LogP contribution in [-0.2, 0) is 0 Å². The molecule has 0 aromatic heterocycles. The van der Waals surface area contributed by atoms with Gasteiger partial charge in [0, 0.05) is 0 Å². The summed E-state index contributed by atoms with van der Waals surface area (Å²) >= 11 is 2.04. The van der Waals surface area contributed by atoms with Crippen molar-refractivity contribution in [3.8, 4) is 0 Å². The number of hydrogen-bond acceptors (Lipinski definition) is 2. The highest BCUT2D eigenvalue weighted by Gasteiger charge is 1.82. The van der Waals surface area contributed by atoms with E-state index in [2.05, 4.69) is 0 Å². The third kappa shape index (κ3) is 4.45. The zero-order valence-corrected chi connectivity index (χ0v) is 3.91. The van der Waals surface area contributed by atoms with Gasteiger partial charge in [0.2, 0.25) is 0 Å². The molecular weight excluding hydrogens is 83.0 g/mol. The third-order valence-corrected chi connectivity index (χ3v) is 0.398. The number of hydrogen-bond donors (Lipinski definition) is 2. The Morgan fingerprint density at radius 1 is 1.80 bits per heavy atom. The van der Waals surface area contributed by atoms with Crippen molar-refractivity contribution in [3.63, 3.8) is 0 Å². The van der Waals surface area contributed by atoms with Crippen LogP contribution < -0.4 is 0 Å². The Bertz CT molecular complexity index is 21.6.